The lowest BCUT2D eigenvalue weighted by atomic mass is 10.1. The fourth-order valence-corrected chi connectivity index (χ4v) is 2.31. The second-order valence-corrected chi connectivity index (χ2v) is 4.85. The molecule has 1 aliphatic heterocycles. The zero-order valence-corrected chi connectivity index (χ0v) is 11.7. The Morgan fingerprint density at radius 3 is 3.05 bits per heavy atom. The van der Waals surface area contributed by atoms with Gasteiger partial charge < -0.3 is 14.6 Å². The lowest BCUT2D eigenvalue weighted by Gasteiger charge is -2.34. The van der Waals surface area contributed by atoms with Crippen LogP contribution >= 0.6 is 0 Å². The number of hydrogen-bond acceptors (Lipinski definition) is 5. The van der Waals surface area contributed by atoms with Gasteiger partial charge in [0.25, 0.3) is 0 Å². The van der Waals surface area contributed by atoms with Crippen molar-refractivity contribution in [1.82, 2.24) is 4.90 Å². The third kappa shape index (κ3) is 3.79. The van der Waals surface area contributed by atoms with Crippen LogP contribution in [0.2, 0.25) is 0 Å². The van der Waals surface area contributed by atoms with Crippen LogP contribution in [0.15, 0.2) is 24.3 Å². The Morgan fingerprint density at radius 1 is 1.50 bits per heavy atom. The third-order valence-corrected chi connectivity index (χ3v) is 3.46. The third-order valence-electron chi connectivity index (χ3n) is 3.46. The van der Waals surface area contributed by atoms with E-state index in [-0.39, 0.29) is 18.4 Å². The van der Waals surface area contributed by atoms with Crippen molar-refractivity contribution in [2.45, 2.75) is 13.0 Å². The molecule has 1 aromatic carbocycles. The van der Waals surface area contributed by atoms with Crippen LogP contribution in [0, 0.1) is 0 Å². The number of nitrogens with zero attached hydrogens (tertiary/aromatic N) is 1. The highest BCUT2D eigenvalue weighted by atomic mass is 16.5. The van der Waals surface area contributed by atoms with Crippen molar-refractivity contribution in [2.75, 3.05) is 39.5 Å². The molecule has 1 heterocycles. The van der Waals surface area contributed by atoms with E-state index >= 15 is 0 Å². The number of rotatable bonds is 6. The number of aliphatic hydroxyl groups is 1. The van der Waals surface area contributed by atoms with Crippen molar-refractivity contribution < 1.29 is 19.4 Å². The van der Waals surface area contributed by atoms with Crippen molar-refractivity contribution in [3.05, 3.63) is 29.8 Å². The maximum atomic E-state index is 11.5. The number of benzene rings is 1. The van der Waals surface area contributed by atoms with E-state index in [9.17, 15) is 9.90 Å². The van der Waals surface area contributed by atoms with E-state index in [2.05, 4.69) is 4.90 Å². The molecule has 1 atom stereocenters. The van der Waals surface area contributed by atoms with Gasteiger partial charge in [-0.25, -0.2) is 0 Å². The van der Waals surface area contributed by atoms with Crippen molar-refractivity contribution in [2.24, 2.45) is 0 Å². The molecule has 0 aliphatic carbocycles. The summed E-state index contributed by atoms with van der Waals surface area (Å²) in [7, 11) is 0. The van der Waals surface area contributed by atoms with Gasteiger partial charge in [-0.3, -0.25) is 9.69 Å². The van der Waals surface area contributed by atoms with Crippen LogP contribution in [0.5, 0.6) is 5.75 Å². The van der Waals surface area contributed by atoms with Crippen LogP contribution in [0.1, 0.15) is 17.3 Å². The molecule has 5 heteroatoms. The first kappa shape index (κ1) is 15.0. The van der Waals surface area contributed by atoms with Gasteiger partial charge in [0.2, 0.25) is 0 Å². The molecule has 1 aliphatic rings. The second kappa shape index (κ2) is 7.38. The summed E-state index contributed by atoms with van der Waals surface area (Å²) in [6, 6.07) is 7.29. The van der Waals surface area contributed by atoms with Gasteiger partial charge in [0.05, 0.1) is 31.4 Å². The van der Waals surface area contributed by atoms with E-state index in [1.165, 1.54) is 6.92 Å². The summed E-state index contributed by atoms with van der Waals surface area (Å²) in [5, 5.41) is 9.29. The highest BCUT2D eigenvalue weighted by molar-refractivity contribution is 5.96. The van der Waals surface area contributed by atoms with E-state index in [4.69, 9.17) is 9.47 Å². The van der Waals surface area contributed by atoms with Crippen LogP contribution < -0.4 is 4.74 Å². The van der Waals surface area contributed by atoms with Crippen LogP contribution in [0.3, 0.4) is 0 Å². The molecule has 1 saturated heterocycles. The molecule has 110 valence electrons. The average molecular weight is 279 g/mol. The molecule has 1 aromatic rings. The molecule has 1 N–H and O–H groups in total. The maximum Gasteiger partial charge on any atom is 0.163 e. The average Bonchev–Trinajstić information content (AvgIpc) is 2.48. The van der Waals surface area contributed by atoms with E-state index in [0.717, 1.165) is 6.54 Å². The Hall–Kier alpha value is -1.43. The quantitative estimate of drug-likeness (QED) is 0.786. The topological polar surface area (TPSA) is 59.0 Å². The molecule has 1 fully saturated rings. The molecule has 0 spiro atoms. The van der Waals surface area contributed by atoms with E-state index < -0.39 is 0 Å². The van der Waals surface area contributed by atoms with Crippen LogP contribution in [-0.4, -0.2) is 61.3 Å². The van der Waals surface area contributed by atoms with E-state index in [1.807, 2.05) is 12.1 Å². The number of aliphatic hydroxyl groups excluding tert-OH is 1. The van der Waals surface area contributed by atoms with E-state index in [0.29, 0.717) is 37.7 Å². The van der Waals surface area contributed by atoms with Gasteiger partial charge in [0.1, 0.15) is 12.4 Å². The zero-order chi connectivity index (χ0) is 14.4. The summed E-state index contributed by atoms with van der Waals surface area (Å²) < 4.78 is 11.0. The van der Waals surface area contributed by atoms with Crippen LogP contribution in [-0.2, 0) is 4.74 Å². The summed E-state index contributed by atoms with van der Waals surface area (Å²) in [5.74, 6) is 0.619. The highest BCUT2D eigenvalue weighted by Crippen LogP contribution is 2.18. The summed E-state index contributed by atoms with van der Waals surface area (Å²) in [5.41, 5.74) is 0.605. The summed E-state index contributed by atoms with van der Waals surface area (Å²) in [4.78, 5) is 13.6. The molecule has 2 rings (SSSR count). The summed E-state index contributed by atoms with van der Waals surface area (Å²) in [6.45, 7) is 4.85. The largest absolute Gasteiger partial charge is 0.491 e. The Kier molecular flexibility index (Phi) is 5.52. The predicted molar refractivity (Wildman–Crippen MR) is 75.2 cm³/mol. The second-order valence-electron chi connectivity index (χ2n) is 4.85. The van der Waals surface area contributed by atoms with Gasteiger partial charge in [-0.2, -0.15) is 0 Å². The van der Waals surface area contributed by atoms with Crippen LogP contribution in [0.4, 0.5) is 0 Å². The molecule has 1 unspecified atom stereocenters. The number of morpholine rings is 1. The number of carbonyl (C=O) groups excluding carboxylic acids is 1. The molecular weight excluding hydrogens is 258 g/mol. The van der Waals surface area contributed by atoms with Crippen molar-refractivity contribution >= 4 is 5.78 Å². The molecule has 0 radical (unpaired) electrons. The molecule has 0 bridgehead atoms. The van der Waals surface area contributed by atoms with Crippen molar-refractivity contribution in [3.63, 3.8) is 0 Å². The first-order valence-electron chi connectivity index (χ1n) is 6.88. The van der Waals surface area contributed by atoms with Gasteiger partial charge in [0, 0.05) is 13.1 Å². The first-order valence-corrected chi connectivity index (χ1v) is 6.88. The fraction of sp³-hybridized carbons (Fsp3) is 0.533. The smallest absolute Gasteiger partial charge is 0.163 e. The molecule has 0 amide bonds. The number of carbonyl (C=O) groups is 1. The number of para-hydroxylation sites is 1. The highest BCUT2D eigenvalue weighted by Gasteiger charge is 2.21. The number of hydrogen-bond donors (Lipinski definition) is 1. The fourth-order valence-electron chi connectivity index (χ4n) is 2.31. The number of ether oxygens (including phenoxy) is 2. The summed E-state index contributed by atoms with van der Waals surface area (Å²) in [6.07, 6.45) is 0. The van der Waals surface area contributed by atoms with Gasteiger partial charge >= 0.3 is 0 Å². The standard InChI is InChI=1S/C15H21NO4/c1-12(18)14-4-2-3-5-15(14)20-9-7-16-6-8-19-11-13(16)10-17/h2-5,13,17H,6-11H2,1H3. The number of ketones is 1. The Bertz CT molecular complexity index is 449. The number of Topliss-reactive ketones (excluding diaryl/α,β-unsaturated/α-hetero) is 1. The molecule has 0 saturated carbocycles. The SMILES string of the molecule is CC(=O)c1ccccc1OCCN1CCOCC1CO. The molecule has 0 aromatic heterocycles. The van der Waals surface area contributed by atoms with Crippen molar-refractivity contribution in [3.8, 4) is 5.75 Å². The normalized spacial score (nSPS) is 19.8. The monoisotopic (exact) mass is 279 g/mol. The lowest BCUT2D eigenvalue weighted by molar-refractivity contribution is -0.0312. The molecule has 5 nitrogen and oxygen atoms in total. The van der Waals surface area contributed by atoms with E-state index in [1.54, 1.807) is 12.1 Å². The first-order chi connectivity index (χ1) is 9.72. The zero-order valence-electron chi connectivity index (χ0n) is 11.7. The van der Waals surface area contributed by atoms with Crippen LogP contribution in [0.25, 0.3) is 0 Å². The van der Waals surface area contributed by atoms with Gasteiger partial charge in [-0.1, -0.05) is 12.1 Å². The minimum atomic E-state index is 0.000192. The molecule has 20 heavy (non-hydrogen) atoms. The Morgan fingerprint density at radius 2 is 2.30 bits per heavy atom. The maximum absolute atomic E-state index is 11.5. The lowest BCUT2D eigenvalue weighted by Crippen LogP contribution is -2.48. The summed E-state index contributed by atoms with van der Waals surface area (Å²) >= 11 is 0. The van der Waals surface area contributed by atoms with Gasteiger partial charge in [-0.05, 0) is 19.1 Å². The molecular formula is C15H21NO4. The van der Waals surface area contributed by atoms with Crippen molar-refractivity contribution in [1.29, 1.82) is 0 Å². The van der Waals surface area contributed by atoms with Gasteiger partial charge in [-0.15, -0.1) is 0 Å². The minimum absolute atomic E-state index is 0.000192. The minimum Gasteiger partial charge on any atom is -0.491 e. The predicted octanol–water partition coefficient (Wildman–Crippen LogP) is 0.961. The Labute approximate surface area is 119 Å². The Balaban J connectivity index is 1.88. The van der Waals surface area contributed by atoms with Gasteiger partial charge in [0.15, 0.2) is 5.78 Å².